The number of nitrogens with one attached hydrogen (secondary N) is 2. The summed E-state index contributed by atoms with van der Waals surface area (Å²) in [6, 6.07) is 2.52. The van der Waals surface area contributed by atoms with E-state index in [1.165, 1.54) is 51.5 Å². The third-order valence-corrected chi connectivity index (χ3v) is 4.19. The normalized spacial score (nSPS) is 15.6. The lowest BCUT2D eigenvalue weighted by Gasteiger charge is -2.16. The largest absolute Gasteiger partial charge is 0.351 e. The van der Waals surface area contributed by atoms with Gasteiger partial charge in [0.05, 0.1) is 5.56 Å². The van der Waals surface area contributed by atoms with Gasteiger partial charge in [0.2, 0.25) is 0 Å². The Morgan fingerprint density at radius 2 is 1.74 bits per heavy atom. The van der Waals surface area contributed by atoms with Crippen LogP contribution < -0.4 is 10.6 Å². The van der Waals surface area contributed by atoms with E-state index >= 15 is 0 Å². The highest BCUT2D eigenvalue weighted by molar-refractivity contribution is 5.94. The highest BCUT2D eigenvalue weighted by atomic mass is 35.5. The van der Waals surface area contributed by atoms with Crippen LogP contribution in [-0.2, 0) is 0 Å². The number of benzene rings is 1. The minimum Gasteiger partial charge on any atom is -0.351 e. The smallest absolute Gasteiger partial charge is 0.254 e. The number of amides is 1. The third kappa shape index (κ3) is 6.07. The molecule has 2 rings (SSSR count). The van der Waals surface area contributed by atoms with E-state index in [9.17, 15) is 13.6 Å². The molecule has 0 heterocycles. The zero-order valence-electron chi connectivity index (χ0n) is 13.5. The maximum atomic E-state index is 13.6. The van der Waals surface area contributed by atoms with Crippen molar-refractivity contribution in [1.82, 2.24) is 10.6 Å². The van der Waals surface area contributed by atoms with E-state index in [1.807, 2.05) is 0 Å². The van der Waals surface area contributed by atoms with Gasteiger partial charge in [0.25, 0.3) is 5.91 Å². The molecular weight excluding hydrogens is 322 g/mol. The molecule has 23 heavy (non-hydrogen) atoms. The molecular formula is C17H25ClF2N2O. The van der Waals surface area contributed by atoms with Gasteiger partial charge in [-0.15, -0.1) is 12.4 Å². The summed E-state index contributed by atoms with van der Waals surface area (Å²) in [6.07, 6.45) is 7.48. The fourth-order valence-electron chi connectivity index (χ4n) is 2.86. The first kappa shape index (κ1) is 19.8. The molecule has 0 atom stereocenters. The van der Waals surface area contributed by atoms with Gasteiger partial charge in [-0.25, -0.2) is 8.78 Å². The van der Waals surface area contributed by atoms with Crippen molar-refractivity contribution in [2.24, 2.45) is 0 Å². The van der Waals surface area contributed by atoms with E-state index in [4.69, 9.17) is 0 Å². The van der Waals surface area contributed by atoms with Crippen molar-refractivity contribution in [1.29, 1.82) is 0 Å². The predicted octanol–water partition coefficient (Wildman–Crippen LogP) is 3.74. The highest BCUT2D eigenvalue weighted by Gasteiger charge is 2.15. The van der Waals surface area contributed by atoms with E-state index < -0.39 is 17.5 Å². The maximum Gasteiger partial charge on any atom is 0.254 e. The van der Waals surface area contributed by atoms with Crippen LogP contribution >= 0.6 is 12.4 Å². The van der Waals surface area contributed by atoms with E-state index in [1.54, 1.807) is 0 Å². The molecule has 1 aliphatic carbocycles. The van der Waals surface area contributed by atoms with E-state index in [-0.39, 0.29) is 23.5 Å². The zero-order valence-corrected chi connectivity index (χ0v) is 14.3. The molecule has 0 unspecified atom stereocenters. The molecule has 1 aromatic carbocycles. The summed E-state index contributed by atoms with van der Waals surface area (Å²) < 4.78 is 26.8. The molecule has 1 fully saturated rings. The minimum absolute atomic E-state index is 0. The number of halogens is 3. The molecule has 130 valence electrons. The molecule has 1 saturated carbocycles. The lowest BCUT2D eigenvalue weighted by atomic mass is 10.1. The van der Waals surface area contributed by atoms with E-state index in [2.05, 4.69) is 10.6 Å². The Kier molecular flexibility index (Phi) is 8.48. The predicted molar refractivity (Wildman–Crippen MR) is 90.2 cm³/mol. The van der Waals surface area contributed by atoms with Crippen LogP contribution in [0.5, 0.6) is 0 Å². The van der Waals surface area contributed by atoms with Crippen molar-refractivity contribution in [2.45, 2.75) is 51.5 Å². The second kappa shape index (κ2) is 9.83. The molecule has 3 nitrogen and oxygen atoms in total. The second-order valence-corrected chi connectivity index (χ2v) is 5.98. The van der Waals surface area contributed by atoms with Crippen molar-refractivity contribution in [3.8, 4) is 0 Å². The lowest BCUT2D eigenvalue weighted by molar-refractivity contribution is 0.0949. The monoisotopic (exact) mass is 346 g/mol. The fraction of sp³-hybridized carbons (Fsp3) is 0.588. The van der Waals surface area contributed by atoms with Gasteiger partial charge in [0.1, 0.15) is 11.6 Å². The third-order valence-electron chi connectivity index (χ3n) is 4.19. The molecule has 0 saturated heterocycles. The van der Waals surface area contributed by atoms with Gasteiger partial charge in [0, 0.05) is 25.2 Å². The number of carbonyl (C=O) groups is 1. The Bertz CT molecular complexity index is 518. The average Bonchev–Trinajstić information content (AvgIpc) is 2.76. The molecule has 0 radical (unpaired) electrons. The molecule has 1 aromatic rings. The van der Waals surface area contributed by atoms with Crippen LogP contribution in [0.2, 0.25) is 0 Å². The van der Waals surface area contributed by atoms with Crippen LogP contribution in [0, 0.1) is 18.6 Å². The van der Waals surface area contributed by atoms with Crippen LogP contribution in [0.4, 0.5) is 8.78 Å². The zero-order chi connectivity index (χ0) is 15.9. The Balaban J connectivity index is 0.00000264. The van der Waals surface area contributed by atoms with Crippen LogP contribution in [0.3, 0.4) is 0 Å². The minimum atomic E-state index is -0.822. The Morgan fingerprint density at radius 3 is 2.39 bits per heavy atom. The van der Waals surface area contributed by atoms with Crippen LogP contribution in [0.15, 0.2) is 12.1 Å². The molecule has 0 aliphatic heterocycles. The average molecular weight is 347 g/mol. The van der Waals surface area contributed by atoms with Gasteiger partial charge in [-0.3, -0.25) is 4.79 Å². The summed E-state index contributed by atoms with van der Waals surface area (Å²) in [5.41, 5.74) is 0.163. The Hall–Kier alpha value is -1.20. The van der Waals surface area contributed by atoms with Crippen molar-refractivity contribution >= 4 is 18.3 Å². The fourth-order valence-corrected chi connectivity index (χ4v) is 2.86. The lowest BCUT2D eigenvalue weighted by Crippen LogP contribution is -2.37. The van der Waals surface area contributed by atoms with Gasteiger partial charge < -0.3 is 10.6 Å². The summed E-state index contributed by atoms with van der Waals surface area (Å²) in [6.45, 7) is 2.61. The molecule has 0 aromatic heterocycles. The van der Waals surface area contributed by atoms with Gasteiger partial charge in [0.15, 0.2) is 0 Å². The SMILES string of the molecule is Cc1cc(C(=O)NCCNC2CCCCCC2)c(F)cc1F.Cl. The maximum absolute atomic E-state index is 13.6. The summed E-state index contributed by atoms with van der Waals surface area (Å²) >= 11 is 0. The summed E-state index contributed by atoms with van der Waals surface area (Å²) in [5, 5.41) is 6.11. The molecule has 1 aliphatic rings. The van der Waals surface area contributed by atoms with Crippen LogP contribution in [0.1, 0.15) is 54.4 Å². The summed E-state index contributed by atoms with van der Waals surface area (Å²) in [5.74, 6) is -1.95. The first-order valence-electron chi connectivity index (χ1n) is 8.05. The Morgan fingerprint density at radius 1 is 1.09 bits per heavy atom. The molecule has 0 spiro atoms. The van der Waals surface area contributed by atoms with Gasteiger partial charge in [-0.1, -0.05) is 25.7 Å². The van der Waals surface area contributed by atoms with E-state index in [0.717, 1.165) is 6.07 Å². The number of hydrogen-bond acceptors (Lipinski definition) is 2. The van der Waals surface area contributed by atoms with Gasteiger partial charge in [-0.2, -0.15) is 0 Å². The number of hydrogen-bond donors (Lipinski definition) is 2. The van der Waals surface area contributed by atoms with Crippen molar-refractivity contribution in [3.63, 3.8) is 0 Å². The number of carbonyl (C=O) groups excluding carboxylic acids is 1. The number of aryl methyl sites for hydroxylation is 1. The van der Waals surface area contributed by atoms with Gasteiger partial charge in [-0.05, 0) is 31.4 Å². The summed E-state index contributed by atoms with van der Waals surface area (Å²) in [4.78, 5) is 11.9. The first-order chi connectivity index (χ1) is 10.6. The molecule has 1 amide bonds. The van der Waals surface area contributed by atoms with Crippen molar-refractivity contribution < 1.29 is 13.6 Å². The topological polar surface area (TPSA) is 41.1 Å². The second-order valence-electron chi connectivity index (χ2n) is 5.98. The quantitative estimate of drug-likeness (QED) is 0.630. The van der Waals surface area contributed by atoms with Crippen LogP contribution in [0.25, 0.3) is 0 Å². The van der Waals surface area contributed by atoms with E-state index in [0.29, 0.717) is 19.1 Å². The first-order valence-corrected chi connectivity index (χ1v) is 8.05. The molecule has 6 heteroatoms. The summed E-state index contributed by atoms with van der Waals surface area (Å²) in [7, 11) is 0. The molecule has 0 bridgehead atoms. The standard InChI is InChI=1S/C17H24F2N2O.ClH/c1-12-10-14(16(19)11-15(12)18)17(22)21-9-8-20-13-6-4-2-3-5-7-13;/h10-11,13,20H,2-9H2,1H3,(H,21,22);1H. The van der Waals surface area contributed by atoms with Crippen molar-refractivity contribution in [3.05, 3.63) is 34.9 Å². The highest BCUT2D eigenvalue weighted by Crippen LogP contribution is 2.17. The number of rotatable bonds is 5. The van der Waals surface area contributed by atoms with Gasteiger partial charge >= 0.3 is 0 Å². The van der Waals surface area contributed by atoms with Crippen LogP contribution in [-0.4, -0.2) is 25.0 Å². The molecule has 2 N–H and O–H groups in total. The Labute approximate surface area is 142 Å². The van der Waals surface area contributed by atoms with Crippen molar-refractivity contribution in [2.75, 3.05) is 13.1 Å².